The molecule has 0 spiro atoms. The number of methoxy groups -OCH3 is 1. The highest BCUT2D eigenvalue weighted by Crippen LogP contribution is 1.82. The van der Waals surface area contributed by atoms with Gasteiger partial charge in [0.2, 0.25) is 0 Å². The summed E-state index contributed by atoms with van der Waals surface area (Å²) in [6, 6.07) is -0.701. The van der Waals surface area contributed by atoms with Gasteiger partial charge in [-0.05, 0) is 19.1 Å². The second kappa shape index (κ2) is 4.05. The first-order valence-electron chi connectivity index (χ1n) is 2.65. The van der Waals surface area contributed by atoms with Crippen molar-refractivity contribution >= 4 is 23.4 Å². The fourth-order valence-corrected chi connectivity index (χ4v) is 0.474. The van der Waals surface area contributed by atoms with E-state index in [9.17, 15) is 4.79 Å². The third-order valence-corrected chi connectivity index (χ3v) is 1.17. The molecule has 0 unspecified atom stereocenters. The van der Waals surface area contributed by atoms with E-state index in [0.717, 1.165) is 0 Å². The molecular formula is C5H9NO3S. The van der Waals surface area contributed by atoms with Gasteiger partial charge >= 0.3 is 5.97 Å². The minimum atomic E-state index is -0.959. The zero-order valence-electron chi connectivity index (χ0n) is 5.75. The third-order valence-electron chi connectivity index (χ3n) is 0.890. The highest BCUT2D eigenvalue weighted by Gasteiger charge is 2.10. The largest absolute Gasteiger partial charge is 0.480 e. The molecule has 0 saturated carbocycles. The summed E-state index contributed by atoms with van der Waals surface area (Å²) in [6.45, 7) is 1.48. The summed E-state index contributed by atoms with van der Waals surface area (Å²) in [6.07, 6.45) is 0. The lowest BCUT2D eigenvalue weighted by atomic mass is 10.4. The lowest BCUT2D eigenvalue weighted by Crippen LogP contribution is -2.37. The minimum absolute atomic E-state index is 0.0925. The highest BCUT2D eigenvalue weighted by molar-refractivity contribution is 7.80. The molecule has 0 aliphatic heterocycles. The van der Waals surface area contributed by atoms with Gasteiger partial charge in [0.1, 0.15) is 6.04 Å². The Hall–Kier alpha value is -0.840. The quantitative estimate of drug-likeness (QED) is 0.560. The maximum Gasteiger partial charge on any atom is 0.325 e. The van der Waals surface area contributed by atoms with Crippen LogP contribution in [0.25, 0.3) is 0 Å². The zero-order valence-corrected chi connectivity index (χ0v) is 6.57. The van der Waals surface area contributed by atoms with Crippen molar-refractivity contribution < 1.29 is 14.6 Å². The van der Waals surface area contributed by atoms with E-state index in [1.807, 2.05) is 0 Å². The van der Waals surface area contributed by atoms with E-state index in [0.29, 0.717) is 0 Å². The summed E-state index contributed by atoms with van der Waals surface area (Å²) in [5.74, 6) is -0.959. The van der Waals surface area contributed by atoms with Gasteiger partial charge in [0, 0.05) is 0 Å². The Labute approximate surface area is 64.2 Å². The molecule has 0 aliphatic carbocycles. The second-order valence-electron chi connectivity index (χ2n) is 1.70. The second-order valence-corrected chi connectivity index (χ2v) is 2.07. The number of carboxylic acids is 1. The van der Waals surface area contributed by atoms with Crippen LogP contribution in [0.2, 0.25) is 0 Å². The van der Waals surface area contributed by atoms with Crippen LogP contribution in [0.1, 0.15) is 6.92 Å². The number of carbonyl (C=O) groups is 1. The molecule has 1 atom stereocenters. The Morgan fingerprint density at radius 2 is 2.30 bits per heavy atom. The standard InChI is InChI=1S/C5H9NO3S/c1-3(4(7)8)6-5(10)9-2/h3H,1-2H3,(H,6,10)(H,7,8)/t3-/m0/s1. The van der Waals surface area contributed by atoms with Crippen molar-refractivity contribution in [3.63, 3.8) is 0 Å². The molecule has 0 aromatic carbocycles. The lowest BCUT2D eigenvalue weighted by molar-refractivity contribution is -0.138. The number of ether oxygens (including phenoxy) is 1. The van der Waals surface area contributed by atoms with E-state index in [2.05, 4.69) is 22.3 Å². The van der Waals surface area contributed by atoms with Gasteiger partial charge in [-0.2, -0.15) is 0 Å². The molecule has 0 radical (unpaired) electrons. The maximum absolute atomic E-state index is 10.2. The Morgan fingerprint density at radius 1 is 1.80 bits per heavy atom. The number of nitrogens with one attached hydrogen (secondary N) is 1. The number of carboxylic acid groups (broad SMARTS) is 1. The van der Waals surface area contributed by atoms with Crippen LogP contribution >= 0.6 is 12.2 Å². The Balaban J connectivity index is 3.68. The minimum Gasteiger partial charge on any atom is -0.480 e. The van der Waals surface area contributed by atoms with Crippen LogP contribution in [0.4, 0.5) is 0 Å². The number of hydrogen-bond acceptors (Lipinski definition) is 3. The van der Waals surface area contributed by atoms with Crippen molar-refractivity contribution in [1.82, 2.24) is 5.32 Å². The van der Waals surface area contributed by atoms with Crippen molar-refractivity contribution in [2.45, 2.75) is 13.0 Å². The normalized spacial score (nSPS) is 11.8. The molecule has 0 fully saturated rings. The Morgan fingerprint density at radius 3 is 2.60 bits per heavy atom. The Bertz CT molecular complexity index is 148. The summed E-state index contributed by atoms with van der Waals surface area (Å²) in [4.78, 5) is 10.2. The molecule has 0 heterocycles. The first-order valence-corrected chi connectivity index (χ1v) is 3.06. The predicted molar refractivity (Wildman–Crippen MR) is 39.8 cm³/mol. The van der Waals surface area contributed by atoms with Gasteiger partial charge < -0.3 is 15.2 Å². The van der Waals surface area contributed by atoms with Crippen LogP contribution in [0.15, 0.2) is 0 Å². The van der Waals surface area contributed by atoms with Crippen LogP contribution in [0.5, 0.6) is 0 Å². The first-order chi connectivity index (χ1) is 4.57. The Kier molecular flexibility index (Phi) is 3.71. The molecule has 0 saturated heterocycles. The number of thiocarbonyl (C=S) groups is 1. The molecule has 5 heteroatoms. The van der Waals surface area contributed by atoms with Crippen LogP contribution in [0.3, 0.4) is 0 Å². The third kappa shape index (κ3) is 3.24. The predicted octanol–water partition coefficient (Wildman–Crippen LogP) is -0.0196. The fourth-order valence-electron chi connectivity index (χ4n) is 0.297. The fraction of sp³-hybridized carbons (Fsp3) is 0.600. The van der Waals surface area contributed by atoms with Gasteiger partial charge in [0.25, 0.3) is 5.17 Å². The van der Waals surface area contributed by atoms with Crippen molar-refractivity contribution in [2.75, 3.05) is 7.11 Å². The summed E-state index contributed by atoms with van der Waals surface area (Å²) in [5.41, 5.74) is 0. The highest BCUT2D eigenvalue weighted by atomic mass is 32.1. The van der Waals surface area contributed by atoms with Gasteiger partial charge in [0.15, 0.2) is 0 Å². The van der Waals surface area contributed by atoms with Gasteiger partial charge in [-0.1, -0.05) is 0 Å². The van der Waals surface area contributed by atoms with Crippen molar-refractivity contribution in [3.8, 4) is 0 Å². The molecule has 4 nitrogen and oxygen atoms in total. The smallest absolute Gasteiger partial charge is 0.325 e. The molecular weight excluding hydrogens is 154 g/mol. The summed E-state index contributed by atoms with van der Waals surface area (Å²) in [5, 5.41) is 10.9. The number of hydrogen-bond donors (Lipinski definition) is 2. The van der Waals surface area contributed by atoms with Crippen LogP contribution in [-0.2, 0) is 9.53 Å². The summed E-state index contributed by atoms with van der Waals surface area (Å²) >= 11 is 4.55. The van der Waals surface area contributed by atoms with Crippen molar-refractivity contribution in [1.29, 1.82) is 0 Å². The van der Waals surface area contributed by atoms with E-state index in [4.69, 9.17) is 5.11 Å². The molecule has 0 bridgehead atoms. The molecule has 0 amide bonds. The topological polar surface area (TPSA) is 58.6 Å². The molecule has 0 rings (SSSR count). The van der Waals surface area contributed by atoms with Gasteiger partial charge in [-0.15, -0.1) is 0 Å². The number of aliphatic carboxylic acids is 1. The van der Waals surface area contributed by atoms with Gasteiger partial charge in [-0.3, -0.25) is 4.79 Å². The molecule has 0 aromatic heterocycles. The maximum atomic E-state index is 10.2. The lowest BCUT2D eigenvalue weighted by Gasteiger charge is -2.08. The van der Waals surface area contributed by atoms with E-state index in [-0.39, 0.29) is 5.17 Å². The van der Waals surface area contributed by atoms with E-state index >= 15 is 0 Å². The average Bonchev–Trinajstić information content (AvgIpc) is 1.87. The first kappa shape index (κ1) is 9.16. The van der Waals surface area contributed by atoms with Crippen molar-refractivity contribution in [3.05, 3.63) is 0 Å². The SMILES string of the molecule is COC(=S)N[C@@H](C)C(=O)O. The van der Waals surface area contributed by atoms with Gasteiger partial charge in [0.05, 0.1) is 7.11 Å². The van der Waals surface area contributed by atoms with Crippen LogP contribution in [0, 0.1) is 0 Å². The molecule has 58 valence electrons. The van der Waals surface area contributed by atoms with E-state index in [1.54, 1.807) is 0 Å². The number of rotatable bonds is 2. The summed E-state index contributed by atoms with van der Waals surface area (Å²) in [7, 11) is 1.38. The van der Waals surface area contributed by atoms with E-state index in [1.165, 1.54) is 14.0 Å². The molecule has 2 N–H and O–H groups in total. The molecule has 0 aliphatic rings. The molecule has 0 aromatic rings. The average molecular weight is 163 g/mol. The van der Waals surface area contributed by atoms with Crippen LogP contribution in [-0.4, -0.2) is 29.4 Å². The van der Waals surface area contributed by atoms with E-state index < -0.39 is 12.0 Å². The molecule has 10 heavy (non-hydrogen) atoms. The van der Waals surface area contributed by atoms with Crippen LogP contribution < -0.4 is 5.32 Å². The monoisotopic (exact) mass is 163 g/mol. The van der Waals surface area contributed by atoms with Gasteiger partial charge in [-0.25, -0.2) is 0 Å². The zero-order chi connectivity index (χ0) is 8.15. The van der Waals surface area contributed by atoms with Crippen molar-refractivity contribution in [2.24, 2.45) is 0 Å². The summed E-state index contributed by atoms with van der Waals surface area (Å²) < 4.78 is 4.53.